The fourth-order valence-electron chi connectivity index (χ4n) is 1.96. The van der Waals surface area contributed by atoms with Gasteiger partial charge >= 0.3 is 0 Å². The van der Waals surface area contributed by atoms with Gasteiger partial charge in [0.05, 0.1) is 0 Å². The third-order valence-electron chi connectivity index (χ3n) is 2.82. The molecular weight excluding hydrogens is 220 g/mol. The highest BCUT2D eigenvalue weighted by Gasteiger charge is 2.20. The first kappa shape index (κ1) is 13.8. The molecule has 2 atom stereocenters. The van der Waals surface area contributed by atoms with Crippen LogP contribution in [0.2, 0.25) is 0 Å². The Morgan fingerprint density at radius 1 is 1.50 bits per heavy atom. The molecule has 1 aliphatic rings. The average Bonchev–Trinajstić information content (AvgIpc) is 2.19. The number of carbonyl (C=O) groups excluding carboxylic acids is 1. The van der Waals surface area contributed by atoms with Crippen LogP contribution < -0.4 is 10.6 Å². The van der Waals surface area contributed by atoms with Crippen LogP contribution in [0, 0.1) is 0 Å². The first-order chi connectivity index (χ1) is 7.59. The molecule has 0 aromatic carbocycles. The lowest BCUT2D eigenvalue weighted by Gasteiger charge is -2.29. The van der Waals surface area contributed by atoms with E-state index in [0.29, 0.717) is 17.7 Å². The number of carbonyl (C=O) groups is 1. The van der Waals surface area contributed by atoms with Gasteiger partial charge in [-0.15, -0.1) is 0 Å². The van der Waals surface area contributed by atoms with Crippen molar-refractivity contribution in [1.29, 1.82) is 0 Å². The summed E-state index contributed by atoms with van der Waals surface area (Å²) in [4.78, 5) is 11.4. The monoisotopic (exact) mass is 244 g/mol. The third-order valence-corrected chi connectivity index (χ3v) is 4.19. The van der Waals surface area contributed by atoms with Gasteiger partial charge < -0.3 is 10.6 Å². The normalized spacial score (nSPS) is 25.8. The van der Waals surface area contributed by atoms with Gasteiger partial charge in [-0.1, -0.05) is 6.92 Å². The van der Waals surface area contributed by atoms with Crippen molar-refractivity contribution >= 4 is 17.7 Å². The Balaban J connectivity index is 2.12. The number of rotatable bonds is 5. The predicted molar refractivity (Wildman–Crippen MR) is 70.8 cm³/mol. The van der Waals surface area contributed by atoms with Crippen molar-refractivity contribution in [3.8, 4) is 0 Å². The van der Waals surface area contributed by atoms with Crippen LogP contribution in [0.3, 0.4) is 0 Å². The second-order valence-corrected chi connectivity index (χ2v) is 6.24. The summed E-state index contributed by atoms with van der Waals surface area (Å²) in [7, 11) is 0. The number of hydrogen-bond donors (Lipinski definition) is 2. The first-order valence-corrected chi connectivity index (χ1v) is 7.29. The molecule has 1 aliphatic heterocycles. The van der Waals surface area contributed by atoms with Gasteiger partial charge in [-0.25, -0.2) is 0 Å². The molecule has 1 rings (SSSR count). The number of thioether (sulfide) groups is 1. The third kappa shape index (κ3) is 5.21. The van der Waals surface area contributed by atoms with Gasteiger partial charge in [0.25, 0.3) is 0 Å². The zero-order chi connectivity index (χ0) is 12.0. The van der Waals surface area contributed by atoms with Crippen LogP contribution >= 0.6 is 11.8 Å². The zero-order valence-corrected chi connectivity index (χ0v) is 11.4. The van der Waals surface area contributed by atoms with Gasteiger partial charge in [0.1, 0.15) is 0 Å². The number of nitrogens with one attached hydrogen (secondary N) is 2. The van der Waals surface area contributed by atoms with Gasteiger partial charge in [0, 0.05) is 30.3 Å². The number of amides is 1. The molecule has 2 unspecified atom stereocenters. The molecule has 0 saturated carbocycles. The van der Waals surface area contributed by atoms with E-state index in [2.05, 4.69) is 17.6 Å². The number of hydrogen-bond acceptors (Lipinski definition) is 3. The average molecular weight is 244 g/mol. The summed E-state index contributed by atoms with van der Waals surface area (Å²) in [6, 6.07) is 0.835. The quantitative estimate of drug-likeness (QED) is 0.774. The van der Waals surface area contributed by atoms with Crippen LogP contribution in [0.25, 0.3) is 0 Å². The summed E-state index contributed by atoms with van der Waals surface area (Å²) in [6.07, 6.45) is 3.14. The van der Waals surface area contributed by atoms with Crippen LogP contribution in [0.1, 0.15) is 40.0 Å². The van der Waals surface area contributed by atoms with Crippen molar-refractivity contribution in [1.82, 2.24) is 10.6 Å². The van der Waals surface area contributed by atoms with Gasteiger partial charge in [0.15, 0.2) is 0 Å². The van der Waals surface area contributed by atoms with E-state index in [0.717, 1.165) is 6.54 Å². The Bertz CT molecular complexity index is 221. The van der Waals surface area contributed by atoms with Crippen LogP contribution in [-0.2, 0) is 4.79 Å². The van der Waals surface area contributed by atoms with E-state index in [9.17, 15) is 4.79 Å². The minimum absolute atomic E-state index is 0.151. The second kappa shape index (κ2) is 7.17. The molecule has 1 amide bonds. The van der Waals surface area contributed by atoms with Gasteiger partial charge in [-0.2, -0.15) is 11.8 Å². The molecule has 0 aromatic rings. The maximum absolute atomic E-state index is 11.4. The van der Waals surface area contributed by atoms with Gasteiger partial charge in [-0.05, 0) is 32.4 Å². The van der Waals surface area contributed by atoms with Crippen molar-refractivity contribution in [3.05, 3.63) is 0 Å². The standard InChI is InChI=1S/C12H24N2OS/c1-9(2)14-12(15)6-7-13-11-5-4-8-16-10(11)3/h9-11,13H,4-8H2,1-3H3,(H,14,15). The summed E-state index contributed by atoms with van der Waals surface area (Å²) in [6.45, 7) is 7.06. The summed E-state index contributed by atoms with van der Waals surface area (Å²) >= 11 is 2.03. The Hall–Kier alpha value is -0.220. The Kier molecular flexibility index (Phi) is 6.21. The molecule has 0 bridgehead atoms. The summed E-state index contributed by atoms with van der Waals surface area (Å²) in [5.41, 5.74) is 0. The molecule has 0 radical (unpaired) electrons. The van der Waals surface area contributed by atoms with Crippen LogP contribution in [-0.4, -0.2) is 35.5 Å². The SMILES string of the molecule is CC(C)NC(=O)CCNC1CCCSC1C. The molecule has 2 N–H and O–H groups in total. The molecule has 1 heterocycles. The molecule has 3 nitrogen and oxygen atoms in total. The van der Waals surface area contributed by atoms with E-state index < -0.39 is 0 Å². The van der Waals surface area contributed by atoms with Crippen LogP contribution in [0.4, 0.5) is 0 Å². The van der Waals surface area contributed by atoms with Gasteiger partial charge in [0.2, 0.25) is 5.91 Å². The Labute approximate surface area is 103 Å². The molecular formula is C12H24N2OS. The molecule has 0 spiro atoms. The second-order valence-electron chi connectivity index (χ2n) is 4.75. The first-order valence-electron chi connectivity index (χ1n) is 6.24. The van der Waals surface area contributed by atoms with Crippen molar-refractivity contribution in [2.45, 2.75) is 57.4 Å². The molecule has 0 aliphatic carbocycles. The lowest BCUT2D eigenvalue weighted by Crippen LogP contribution is -2.41. The molecule has 16 heavy (non-hydrogen) atoms. The molecule has 1 saturated heterocycles. The Morgan fingerprint density at radius 3 is 2.88 bits per heavy atom. The van der Waals surface area contributed by atoms with Gasteiger partial charge in [-0.3, -0.25) is 4.79 Å². The van der Waals surface area contributed by atoms with E-state index in [-0.39, 0.29) is 11.9 Å². The largest absolute Gasteiger partial charge is 0.354 e. The molecule has 1 fully saturated rings. The lowest BCUT2D eigenvalue weighted by molar-refractivity contribution is -0.121. The summed E-state index contributed by atoms with van der Waals surface area (Å²) in [5, 5.41) is 7.08. The van der Waals surface area contributed by atoms with Crippen LogP contribution in [0.15, 0.2) is 0 Å². The van der Waals surface area contributed by atoms with Crippen LogP contribution in [0.5, 0.6) is 0 Å². The van der Waals surface area contributed by atoms with E-state index in [1.807, 2.05) is 25.6 Å². The summed E-state index contributed by atoms with van der Waals surface area (Å²) < 4.78 is 0. The van der Waals surface area contributed by atoms with Crippen molar-refractivity contribution < 1.29 is 4.79 Å². The molecule has 94 valence electrons. The lowest BCUT2D eigenvalue weighted by atomic mass is 10.1. The van der Waals surface area contributed by atoms with Crippen molar-refractivity contribution in [3.63, 3.8) is 0 Å². The minimum Gasteiger partial charge on any atom is -0.354 e. The van der Waals surface area contributed by atoms with Crippen molar-refractivity contribution in [2.75, 3.05) is 12.3 Å². The summed E-state index contributed by atoms with van der Waals surface area (Å²) in [5.74, 6) is 1.44. The highest BCUT2D eigenvalue weighted by molar-refractivity contribution is 7.99. The minimum atomic E-state index is 0.151. The topological polar surface area (TPSA) is 41.1 Å². The maximum atomic E-state index is 11.4. The van der Waals surface area contributed by atoms with E-state index in [4.69, 9.17) is 0 Å². The Morgan fingerprint density at radius 2 is 2.25 bits per heavy atom. The highest BCUT2D eigenvalue weighted by Crippen LogP contribution is 2.24. The molecule has 0 aromatic heterocycles. The maximum Gasteiger partial charge on any atom is 0.221 e. The van der Waals surface area contributed by atoms with E-state index in [1.54, 1.807) is 0 Å². The fraction of sp³-hybridized carbons (Fsp3) is 0.917. The smallest absolute Gasteiger partial charge is 0.221 e. The predicted octanol–water partition coefficient (Wildman–Crippen LogP) is 1.77. The zero-order valence-electron chi connectivity index (χ0n) is 10.6. The highest BCUT2D eigenvalue weighted by atomic mass is 32.2. The van der Waals surface area contributed by atoms with Crippen molar-refractivity contribution in [2.24, 2.45) is 0 Å². The molecule has 4 heteroatoms. The van der Waals surface area contributed by atoms with E-state index >= 15 is 0 Å². The van der Waals surface area contributed by atoms with E-state index in [1.165, 1.54) is 18.6 Å². The fourth-order valence-corrected chi connectivity index (χ4v) is 3.13.